The van der Waals surface area contributed by atoms with E-state index < -0.39 is 29.5 Å². The van der Waals surface area contributed by atoms with Crippen LogP contribution in [0.3, 0.4) is 0 Å². The van der Waals surface area contributed by atoms with Crippen LogP contribution in [0.5, 0.6) is 0 Å². The Labute approximate surface area is 131 Å². The van der Waals surface area contributed by atoms with Crippen molar-refractivity contribution >= 4 is 29.0 Å². The van der Waals surface area contributed by atoms with Crippen LogP contribution in [0.25, 0.3) is 0 Å². The van der Waals surface area contributed by atoms with Crippen LogP contribution in [0.2, 0.25) is 0 Å². The lowest BCUT2D eigenvalue weighted by atomic mass is 10.1. The summed E-state index contributed by atoms with van der Waals surface area (Å²) in [7, 11) is 0. The van der Waals surface area contributed by atoms with E-state index in [1.54, 1.807) is 24.3 Å². The summed E-state index contributed by atoms with van der Waals surface area (Å²) >= 11 is 0. The molecule has 1 atom stereocenters. The molecule has 0 radical (unpaired) electrons. The van der Waals surface area contributed by atoms with Gasteiger partial charge in [-0.1, -0.05) is 12.1 Å². The van der Waals surface area contributed by atoms with Crippen LogP contribution in [0.4, 0.5) is 15.8 Å². The molecule has 116 valence electrons. The summed E-state index contributed by atoms with van der Waals surface area (Å²) in [5.74, 6) is -2.23. The number of nitrogens with zero attached hydrogens (tertiary/aromatic N) is 1. The smallest absolute Gasteiger partial charge is 0.300 e. The number of halogens is 1. The van der Waals surface area contributed by atoms with Gasteiger partial charge in [-0.3, -0.25) is 19.3 Å². The van der Waals surface area contributed by atoms with Crippen molar-refractivity contribution in [2.24, 2.45) is 0 Å². The normalized spacial score (nSPS) is 14.6. The molecule has 1 aliphatic rings. The van der Waals surface area contributed by atoms with E-state index in [1.807, 2.05) is 0 Å². The number of rotatable bonds is 3. The summed E-state index contributed by atoms with van der Waals surface area (Å²) in [5.41, 5.74) is 1.12. The molecule has 0 aliphatic carbocycles. The lowest BCUT2D eigenvalue weighted by Gasteiger charge is -2.23. The molecular weight excluding hydrogens is 299 g/mol. The maximum absolute atomic E-state index is 12.9. The molecule has 0 saturated heterocycles. The first-order valence-electron chi connectivity index (χ1n) is 7.02. The zero-order chi connectivity index (χ0) is 16.6. The number of hydrogen-bond donors (Lipinski definition) is 1. The van der Waals surface area contributed by atoms with E-state index >= 15 is 0 Å². The summed E-state index contributed by atoms with van der Waals surface area (Å²) in [5, 5.41) is 2.60. The Kier molecular flexibility index (Phi) is 3.65. The molecule has 23 heavy (non-hydrogen) atoms. The van der Waals surface area contributed by atoms with Crippen molar-refractivity contribution in [3.05, 3.63) is 59.9 Å². The van der Waals surface area contributed by atoms with Crippen LogP contribution in [-0.2, 0) is 9.59 Å². The van der Waals surface area contributed by atoms with Crippen LogP contribution in [0.15, 0.2) is 48.5 Å². The Morgan fingerprint density at radius 1 is 1.09 bits per heavy atom. The van der Waals surface area contributed by atoms with Gasteiger partial charge in [0.15, 0.2) is 0 Å². The third-order valence-corrected chi connectivity index (χ3v) is 3.70. The van der Waals surface area contributed by atoms with Crippen molar-refractivity contribution in [3.8, 4) is 0 Å². The lowest BCUT2D eigenvalue weighted by Crippen LogP contribution is -2.45. The highest BCUT2D eigenvalue weighted by Crippen LogP contribution is 2.30. The van der Waals surface area contributed by atoms with Gasteiger partial charge < -0.3 is 5.32 Å². The lowest BCUT2D eigenvalue weighted by molar-refractivity contribution is -0.120. The van der Waals surface area contributed by atoms with Crippen molar-refractivity contribution < 1.29 is 18.8 Å². The van der Waals surface area contributed by atoms with Crippen molar-refractivity contribution in [3.63, 3.8) is 0 Å². The first kappa shape index (κ1) is 14.9. The van der Waals surface area contributed by atoms with Crippen molar-refractivity contribution in [2.45, 2.75) is 13.0 Å². The van der Waals surface area contributed by atoms with Crippen LogP contribution in [0, 0.1) is 5.82 Å². The van der Waals surface area contributed by atoms with Gasteiger partial charge in [0.1, 0.15) is 11.9 Å². The fraction of sp³-hybridized carbons (Fsp3) is 0.118. The maximum Gasteiger partial charge on any atom is 0.300 e. The first-order valence-corrected chi connectivity index (χ1v) is 7.02. The highest BCUT2D eigenvalue weighted by molar-refractivity contribution is 6.52. The Hall–Kier alpha value is -3.02. The fourth-order valence-corrected chi connectivity index (χ4v) is 2.49. The van der Waals surface area contributed by atoms with Gasteiger partial charge >= 0.3 is 0 Å². The van der Waals surface area contributed by atoms with Crippen molar-refractivity contribution in [2.75, 3.05) is 10.2 Å². The van der Waals surface area contributed by atoms with Gasteiger partial charge in [-0.15, -0.1) is 0 Å². The first-order chi connectivity index (χ1) is 11.0. The van der Waals surface area contributed by atoms with Crippen molar-refractivity contribution in [1.82, 2.24) is 0 Å². The molecule has 1 aliphatic heterocycles. The van der Waals surface area contributed by atoms with Crippen LogP contribution in [0.1, 0.15) is 17.3 Å². The molecule has 2 aromatic carbocycles. The quantitative estimate of drug-likeness (QED) is 0.885. The Balaban J connectivity index is 1.84. The Bertz CT molecular complexity index is 802. The second-order valence-electron chi connectivity index (χ2n) is 5.19. The van der Waals surface area contributed by atoms with Crippen LogP contribution >= 0.6 is 0 Å². The number of fused-ring (bicyclic) bond motifs is 1. The number of para-hydroxylation sites is 1. The summed E-state index contributed by atoms with van der Waals surface area (Å²) in [4.78, 5) is 37.6. The molecule has 6 heteroatoms. The van der Waals surface area contributed by atoms with E-state index in [1.165, 1.54) is 36.1 Å². The number of Topliss-reactive ketones (excluding diaryl/α,β-unsaturated/α-hetero) is 1. The van der Waals surface area contributed by atoms with Crippen molar-refractivity contribution in [1.29, 1.82) is 0 Å². The number of amides is 2. The highest BCUT2D eigenvalue weighted by atomic mass is 19.1. The van der Waals surface area contributed by atoms with E-state index in [9.17, 15) is 18.8 Å². The molecule has 2 amide bonds. The molecule has 0 aromatic heterocycles. The van der Waals surface area contributed by atoms with Gasteiger partial charge in [-0.25, -0.2) is 4.39 Å². The Morgan fingerprint density at radius 2 is 1.74 bits per heavy atom. The van der Waals surface area contributed by atoms with Gasteiger partial charge in [0.25, 0.3) is 11.7 Å². The molecule has 2 aromatic rings. The van der Waals surface area contributed by atoms with E-state index in [4.69, 9.17) is 0 Å². The second kappa shape index (κ2) is 5.64. The van der Waals surface area contributed by atoms with Gasteiger partial charge in [-0.2, -0.15) is 0 Å². The second-order valence-corrected chi connectivity index (χ2v) is 5.19. The largest absolute Gasteiger partial charge is 0.324 e. The highest BCUT2D eigenvalue weighted by Gasteiger charge is 2.40. The number of nitrogens with one attached hydrogen (secondary N) is 1. The van der Waals surface area contributed by atoms with E-state index in [-0.39, 0.29) is 0 Å². The third kappa shape index (κ3) is 2.59. The SMILES string of the molecule is C[C@@H](C(=O)Nc1ccc(F)cc1)N1C(=O)C(=O)c2ccccc21. The molecular formula is C17H13FN2O3. The molecule has 3 rings (SSSR count). The molecule has 1 heterocycles. The molecule has 0 fully saturated rings. The van der Waals surface area contributed by atoms with E-state index in [0.717, 1.165) is 0 Å². The minimum atomic E-state index is -0.875. The minimum Gasteiger partial charge on any atom is -0.324 e. The fourth-order valence-electron chi connectivity index (χ4n) is 2.49. The monoisotopic (exact) mass is 312 g/mol. The predicted molar refractivity (Wildman–Crippen MR) is 82.8 cm³/mol. The number of carbonyl (C=O) groups excluding carboxylic acids is 3. The van der Waals surface area contributed by atoms with Crippen LogP contribution < -0.4 is 10.2 Å². The van der Waals surface area contributed by atoms with E-state index in [0.29, 0.717) is 16.9 Å². The zero-order valence-corrected chi connectivity index (χ0v) is 12.2. The Morgan fingerprint density at radius 3 is 2.43 bits per heavy atom. The molecule has 0 saturated carbocycles. The molecule has 1 N–H and O–H groups in total. The molecule has 0 unspecified atom stereocenters. The van der Waals surface area contributed by atoms with Gasteiger partial charge in [0, 0.05) is 5.69 Å². The zero-order valence-electron chi connectivity index (χ0n) is 12.2. The van der Waals surface area contributed by atoms with Gasteiger partial charge in [0.05, 0.1) is 11.3 Å². The summed E-state index contributed by atoms with van der Waals surface area (Å²) in [6, 6.07) is 11.0. The molecule has 5 nitrogen and oxygen atoms in total. The number of benzene rings is 2. The van der Waals surface area contributed by atoms with Crippen LogP contribution in [-0.4, -0.2) is 23.6 Å². The number of anilines is 2. The minimum absolute atomic E-state index is 0.291. The number of carbonyl (C=O) groups is 3. The molecule has 0 spiro atoms. The predicted octanol–water partition coefficient (Wildman–Crippen LogP) is 2.38. The average molecular weight is 312 g/mol. The van der Waals surface area contributed by atoms with E-state index in [2.05, 4.69) is 5.32 Å². The standard InChI is InChI=1S/C17H13FN2O3/c1-10(16(22)19-12-8-6-11(18)7-9-12)20-14-5-3-2-4-13(14)15(21)17(20)23/h2-10H,1H3,(H,19,22)/t10-/m0/s1. The van der Waals surface area contributed by atoms with Gasteiger partial charge in [-0.05, 0) is 43.3 Å². The summed E-state index contributed by atoms with van der Waals surface area (Å²) in [6.07, 6.45) is 0. The third-order valence-electron chi connectivity index (χ3n) is 3.70. The van der Waals surface area contributed by atoms with Gasteiger partial charge in [0.2, 0.25) is 5.91 Å². The average Bonchev–Trinajstić information content (AvgIpc) is 2.81. The molecule has 0 bridgehead atoms. The number of hydrogen-bond acceptors (Lipinski definition) is 3. The summed E-state index contributed by atoms with van der Waals surface area (Å²) < 4.78 is 12.9. The summed E-state index contributed by atoms with van der Waals surface area (Å²) in [6.45, 7) is 1.53. The number of ketones is 1. The topological polar surface area (TPSA) is 66.5 Å². The maximum atomic E-state index is 12.9.